The van der Waals surface area contributed by atoms with E-state index in [0.717, 1.165) is 22.7 Å². The van der Waals surface area contributed by atoms with Crippen LogP contribution in [0.25, 0.3) is 0 Å². The molecule has 0 aliphatic carbocycles. The van der Waals surface area contributed by atoms with Crippen LogP contribution >= 0.6 is 11.6 Å². The Kier molecular flexibility index (Phi) is 6.16. The summed E-state index contributed by atoms with van der Waals surface area (Å²) in [4.78, 5) is 31.6. The van der Waals surface area contributed by atoms with Crippen LogP contribution in [0.4, 0.5) is 4.79 Å². The highest BCUT2D eigenvalue weighted by molar-refractivity contribution is 6.32. The summed E-state index contributed by atoms with van der Waals surface area (Å²) in [5, 5.41) is 0.791. The molecule has 0 unspecified atom stereocenters. The summed E-state index contributed by atoms with van der Waals surface area (Å²) in [6, 6.07) is 7.40. The van der Waals surface area contributed by atoms with Crippen LogP contribution in [0.1, 0.15) is 28.4 Å². The average molecular weight is 403 g/mol. The lowest BCUT2D eigenvalue weighted by atomic mass is 10.1. The molecule has 1 saturated heterocycles. The van der Waals surface area contributed by atoms with Crippen LogP contribution in [0.2, 0.25) is 5.02 Å². The summed E-state index contributed by atoms with van der Waals surface area (Å²) in [7, 11) is 0. The molecule has 2 amide bonds. The molecule has 1 atom stereocenters. The lowest BCUT2D eigenvalue weighted by Crippen LogP contribution is -2.54. The average Bonchev–Trinajstić information content (AvgIpc) is 2.65. The zero-order chi connectivity index (χ0) is 20.3. The van der Waals surface area contributed by atoms with Gasteiger partial charge in [0.2, 0.25) is 5.91 Å². The Morgan fingerprint density at radius 3 is 2.82 bits per heavy atom. The van der Waals surface area contributed by atoms with E-state index in [1.807, 2.05) is 32.0 Å². The molecule has 1 aromatic heterocycles. The standard InChI is InChI=1S/C20H23ClN4O3/c1-13-4-3-5-15(18(13)21)12-24-6-7-25(14(2)11-24)20(27)28-17-8-16(19(22)26)9-23-10-17/h3-5,8-10,14H,6-7,11-12H2,1-2H3,(H2,22,26)/t14-/m1/s1. The third kappa shape index (κ3) is 4.61. The monoisotopic (exact) mass is 402 g/mol. The molecule has 0 bridgehead atoms. The number of halogens is 1. The van der Waals surface area contributed by atoms with E-state index in [-0.39, 0.29) is 17.4 Å². The third-order valence-corrected chi connectivity index (χ3v) is 5.36. The number of benzene rings is 1. The molecule has 0 spiro atoms. The van der Waals surface area contributed by atoms with E-state index in [2.05, 4.69) is 9.88 Å². The van der Waals surface area contributed by atoms with Gasteiger partial charge in [0, 0.05) is 43.4 Å². The fourth-order valence-corrected chi connectivity index (χ4v) is 3.47. The molecule has 2 aromatic rings. The van der Waals surface area contributed by atoms with E-state index in [1.165, 1.54) is 18.5 Å². The Hall–Kier alpha value is -2.64. The van der Waals surface area contributed by atoms with Gasteiger partial charge >= 0.3 is 6.09 Å². The number of hydrogen-bond donors (Lipinski definition) is 1. The third-order valence-electron chi connectivity index (χ3n) is 4.81. The van der Waals surface area contributed by atoms with Gasteiger partial charge in [-0.2, -0.15) is 0 Å². The summed E-state index contributed by atoms with van der Waals surface area (Å²) >= 11 is 6.40. The van der Waals surface area contributed by atoms with Gasteiger partial charge in [-0.25, -0.2) is 4.79 Å². The molecule has 148 valence electrons. The van der Waals surface area contributed by atoms with Crippen molar-refractivity contribution in [1.29, 1.82) is 0 Å². The summed E-state index contributed by atoms with van der Waals surface area (Å²) < 4.78 is 5.38. The first-order valence-corrected chi connectivity index (χ1v) is 9.42. The van der Waals surface area contributed by atoms with Crippen molar-refractivity contribution in [2.75, 3.05) is 19.6 Å². The molecule has 0 saturated carbocycles. The van der Waals surface area contributed by atoms with Crippen molar-refractivity contribution in [2.24, 2.45) is 5.73 Å². The van der Waals surface area contributed by atoms with Crippen molar-refractivity contribution >= 4 is 23.6 Å². The van der Waals surface area contributed by atoms with E-state index in [4.69, 9.17) is 22.1 Å². The van der Waals surface area contributed by atoms with E-state index in [0.29, 0.717) is 19.6 Å². The highest BCUT2D eigenvalue weighted by Gasteiger charge is 2.29. The largest absolute Gasteiger partial charge is 0.415 e. The van der Waals surface area contributed by atoms with Gasteiger partial charge in [0.05, 0.1) is 11.8 Å². The topological polar surface area (TPSA) is 88.8 Å². The number of rotatable bonds is 4. The van der Waals surface area contributed by atoms with Gasteiger partial charge in [-0.1, -0.05) is 29.8 Å². The molecule has 0 radical (unpaired) electrons. The fraction of sp³-hybridized carbons (Fsp3) is 0.350. The number of ether oxygens (including phenoxy) is 1. The minimum absolute atomic E-state index is 0.0304. The Morgan fingerprint density at radius 1 is 1.32 bits per heavy atom. The second-order valence-electron chi connectivity index (χ2n) is 6.97. The van der Waals surface area contributed by atoms with Gasteiger partial charge in [0.1, 0.15) is 0 Å². The molecular weight excluding hydrogens is 380 g/mol. The quantitative estimate of drug-likeness (QED) is 0.849. The maximum atomic E-state index is 12.5. The molecule has 1 aliphatic heterocycles. The van der Waals surface area contributed by atoms with Crippen LogP contribution in [0.3, 0.4) is 0 Å². The number of aryl methyl sites for hydroxylation is 1. The maximum Gasteiger partial charge on any atom is 0.415 e. The zero-order valence-corrected chi connectivity index (χ0v) is 16.6. The molecule has 1 aromatic carbocycles. The first kappa shape index (κ1) is 20.1. The van der Waals surface area contributed by atoms with Crippen molar-refractivity contribution in [3.05, 3.63) is 58.4 Å². The van der Waals surface area contributed by atoms with Crippen LogP contribution in [0, 0.1) is 6.92 Å². The van der Waals surface area contributed by atoms with Gasteiger partial charge in [-0.05, 0) is 31.0 Å². The molecule has 2 N–H and O–H groups in total. The molecule has 2 heterocycles. The lowest BCUT2D eigenvalue weighted by Gasteiger charge is -2.39. The zero-order valence-electron chi connectivity index (χ0n) is 15.9. The number of carbonyl (C=O) groups is 2. The van der Waals surface area contributed by atoms with Crippen LogP contribution in [0.15, 0.2) is 36.7 Å². The molecule has 3 rings (SSSR count). The number of nitrogens with two attached hydrogens (primary N) is 1. The molecule has 7 nitrogen and oxygen atoms in total. The molecule has 8 heteroatoms. The highest BCUT2D eigenvalue weighted by Crippen LogP contribution is 2.23. The second kappa shape index (κ2) is 8.58. The van der Waals surface area contributed by atoms with E-state index in [9.17, 15) is 9.59 Å². The number of piperazine rings is 1. The molecule has 1 fully saturated rings. The van der Waals surface area contributed by atoms with Crippen LogP contribution < -0.4 is 10.5 Å². The minimum atomic E-state index is -0.623. The summed E-state index contributed by atoms with van der Waals surface area (Å²) in [6.45, 7) is 6.65. The second-order valence-corrected chi connectivity index (χ2v) is 7.35. The Balaban J connectivity index is 1.60. The van der Waals surface area contributed by atoms with Gasteiger partial charge in [0.25, 0.3) is 0 Å². The molecular formula is C20H23ClN4O3. The van der Waals surface area contributed by atoms with Crippen LogP contribution in [-0.2, 0) is 6.54 Å². The number of hydrogen-bond acceptors (Lipinski definition) is 5. The summed E-state index contributed by atoms with van der Waals surface area (Å²) in [5.74, 6) is -0.426. The normalized spacial score (nSPS) is 17.4. The predicted molar refractivity (Wildman–Crippen MR) is 106 cm³/mol. The molecule has 1 aliphatic rings. The van der Waals surface area contributed by atoms with Crippen molar-refractivity contribution < 1.29 is 14.3 Å². The Bertz CT molecular complexity index is 890. The van der Waals surface area contributed by atoms with E-state index < -0.39 is 12.0 Å². The van der Waals surface area contributed by atoms with Crippen LogP contribution in [-0.4, -0.2) is 52.5 Å². The van der Waals surface area contributed by atoms with Gasteiger partial charge in [0.15, 0.2) is 5.75 Å². The number of amides is 2. The summed E-state index contributed by atoms with van der Waals surface area (Å²) in [6.07, 6.45) is 2.24. The van der Waals surface area contributed by atoms with Crippen molar-refractivity contribution in [2.45, 2.75) is 26.4 Å². The Morgan fingerprint density at radius 2 is 2.11 bits per heavy atom. The highest BCUT2D eigenvalue weighted by atomic mass is 35.5. The smallest absolute Gasteiger partial charge is 0.409 e. The van der Waals surface area contributed by atoms with E-state index >= 15 is 0 Å². The van der Waals surface area contributed by atoms with Gasteiger partial charge in [-0.15, -0.1) is 0 Å². The number of pyridine rings is 1. The first-order valence-electron chi connectivity index (χ1n) is 9.05. The molecule has 28 heavy (non-hydrogen) atoms. The van der Waals surface area contributed by atoms with Crippen molar-refractivity contribution in [1.82, 2.24) is 14.8 Å². The number of nitrogens with zero attached hydrogens (tertiary/aromatic N) is 3. The summed E-state index contributed by atoms with van der Waals surface area (Å²) in [5.41, 5.74) is 7.56. The van der Waals surface area contributed by atoms with Gasteiger partial charge < -0.3 is 15.4 Å². The van der Waals surface area contributed by atoms with Crippen molar-refractivity contribution in [3.63, 3.8) is 0 Å². The maximum absolute atomic E-state index is 12.5. The SMILES string of the molecule is Cc1cccc(CN2CCN(C(=O)Oc3cncc(C(N)=O)c3)[C@H](C)C2)c1Cl. The predicted octanol–water partition coefficient (Wildman–Crippen LogP) is 2.85. The number of carbonyl (C=O) groups excluding carboxylic acids is 2. The fourth-order valence-electron chi connectivity index (χ4n) is 3.29. The minimum Gasteiger partial charge on any atom is -0.409 e. The Labute approximate surface area is 169 Å². The number of aromatic nitrogens is 1. The number of primary amides is 1. The lowest BCUT2D eigenvalue weighted by molar-refractivity contribution is 0.0751. The van der Waals surface area contributed by atoms with E-state index in [1.54, 1.807) is 4.90 Å². The van der Waals surface area contributed by atoms with Crippen LogP contribution in [0.5, 0.6) is 5.75 Å². The van der Waals surface area contributed by atoms with Crippen molar-refractivity contribution in [3.8, 4) is 5.75 Å². The first-order chi connectivity index (χ1) is 13.3. The van der Waals surface area contributed by atoms with Gasteiger partial charge in [-0.3, -0.25) is 14.7 Å².